The highest BCUT2D eigenvalue weighted by Crippen LogP contribution is 2.27. The minimum Gasteiger partial charge on any atom is -0.495 e. The van der Waals surface area contributed by atoms with Crippen LogP contribution < -0.4 is 9.46 Å². The molecule has 0 spiro atoms. The van der Waals surface area contributed by atoms with Crippen molar-refractivity contribution in [3.63, 3.8) is 0 Å². The zero-order chi connectivity index (χ0) is 22.0. The third-order valence-corrected chi connectivity index (χ3v) is 6.57. The van der Waals surface area contributed by atoms with E-state index in [2.05, 4.69) is 9.71 Å². The van der Waals surface area contributed by atoms with E-state index in [9.17, 15) is 8.42 Å². The first-order valence-electron chi connectivity index (χ1n) is 9.60. The lowest BCUT2D eigenvalue weighted by Gasteiger charge is -2.13. The van der Waals surface area contributed by atoms with E-state index in [4.69, 9.17) is 21.3 Å². The molecular formula is C22H21ClN4O3S. The first-order valence-corrected chi connectivity index (χ1v) is 11.5. The molecule has 0 atom stereocenters. The number of nitrogens with zero attached hydrogens (tertiary/aromatic N) is 3. The van der Waals surface area contributed by atoms with Gasteiger partial charge in [-0.25, -0.2) is 23.1 Å². The second kappa shape index (κ2) is 8.66. The number of halogens is 1. The van der Waals surface area contributed by atoms with Gasteiger partial charge in [-0.05, 0) is 37.3 Å². The van der Waals surface area contributed by atoms with Gasteiger partial charge >= 0.3 is 0 Å². The van der Waals surface area contributed by atoms with Crippen LogP contribution in [0.3, 0.4) is 0 Å². The fourth-order valence-corrected chi connectivity index (χ4v) is 4.77. The van der Waals surface area contributed by atoms with Crippen molar-refractivity contribution in [2.45, 2.75) is 18.4 Å². The van der Waals surface area contributed by atoms with Gasteiger partial charge < -0.3 is 9.30 Å². The van der Waals surface area contributed by atoms with Crippen LogP contribution in [0.2, 0.25) is 5.02 Å². The summed E-state index contributed by atoms with van der Waals surface area (Å²) >= 11 is 5.99. The summed E-state index contributed by atoms with van der Waals surface area (Å²) in [5.41, 5.74) is 3.52. The minimum absolute atomic E-state index is 0.00475. The maximum Gasteiger partial charge on any atom is 0.244 e. The zero-order valence-corrected chi connectivity index (χ0v) is 18.6. The summed E-state index contributed by atoms with van der Waals surface area (Å²) in [4.78, 5) is 9.15. The quantitative estimate of drug-likeness (QED) is 0.453. The normalized spacial score (nSPS) is 11.7. The van der Waals surface area contributed by atoms with Crippen molar-refractivity contribution in [1.29, 1.82) is 0 Å². The number of aromatic nitrogens is 3. The Bertz CT molecular complexity index is 1330. The van der Waals surface area contributed by atoms with Gasteiger partial charge in [-0.2, -0.15) is 0 Å². The average molecular weight is 457 g/mol. The summed E-state index contributed by atoms with van der Waals surface area (Å²) in [6, 6.07) is 16.2. The Morgan fingerprint density at radius 2 is 1.90 bits per heavy atom. The minimum atomic E-state index is -3.83. The fourth-order valence-electron chi connectivity index (χ4n) is 3.32. The van der Waals surface area contributed by atoms with Crippen LogP contribution in [0.15, 0.2) is 65.7 Å². The molecule has 0 bridgehead atoms. The number of pyridine rings is 1. The molecule has 9 heteroatoms. The molecule has 2 aromatic carbocycles. The van der Waals surface area contributed by atoms with E-state index in [1.54, 1.807) is 12.3 Å². The Labute approximate surface area is 185 Å². The molecule has 0 aliphatic heterocycles. The van der Waals surface area contributed by atoms with Crippen molar-refractivity contribution in [2.75, 3.05) is 13.7 Å². The van der Waals surface area contributed by atoms with Crippen LogP contribution in [0, 0.1) is 6.92 Å². The van der Waals surface area contributed by atoms with Gasteiger partial charge in [-0.3, -0.25) is 0 Å². The molecule has 0 saturated carbocycles. The summed E-state index contributed by atoms with van der Waals surface area (Å²) in [7, 11) is -2.41. The van der Waals surface area contributed by atoms with Crippen LogP contribution >= 0.6 is 11.6 Å². The monoisotopic (exact) mass is 456 g/mol. The number of hydrogen-bond acceptors (Lipinski definition) is 5. The maximum atomic E-state index is 12.9. The SMILES string of the molecule is COc1ccc(Cl)cc1S(=O)(=O)NCCn1c(-c2ccc(C)cc2)nc2cccnc21. The average Bonchev–Trinajstić information content (AvgIpc) is 3.13. The van der Waals surface area contributed by atoms with E-state index in [1.165, 1.54) is 19.2 Å². The number of nitrogens with one attached hydrogen (secondary N) is 1. The number of fused-ring (bicyclic) bond motifs is 1. The zero-order valence-electron chi connectivity index (χ0n) is 17.0. The van der Waals surface area contributed by atoms with E-state index in [0.29, 0.717) is 17.2 Å². The molecule has 160 valence electrons. The van der Waals surface area contributed by atoms with Crippen LogP contribution in [0.4, 0.5) is 0 Å². The molecule has 0 unspecified atom stereocenters. The largest absolute Gasteiger partial charge is 0.495 e. The van der Waals surface area contributed by atoms with Gasteiger partial charge in [0, 0.05) is 29.9 Å². The Hall–Kier alpha value is -2.94. The van der Waals surface area contributed by atoms with E-state index in [-0.39, 0.29) is 17.2 Å². The van der Waals surface area contributed by atoms with E-state index >= 15 is 0 Å². The second-order valence-corrected chi connectivity index (χ2v) is 9.16. The van der Waals surface area contributed by atoms with E-state index < -0.39 is 10.0 Å². The number of sulfonamides is 1. The Kier molecular flexibility index (Phi) is 5.95. The number of benzene rings is 2. The van der Waals surface area contributed by atoms with Crippen molar-refractivity contribution in [3.05, 3.63) is 71.4 Å². The number of ether oxygens (including phenoxy) is 1. The van der Waals surface area contributed by atoms with Crippen molar-refractivity contribution in [3.8, 4) is 17.1 Å². The highest BCUT2D eigenvalue weighted by molar-refractivity contribution is 7.89. The van der Waals surface area contributed by atoms with Gasteiger partial charge in [-0.1, -0.05) is 41.4 Å². The third-order valence-electron chi connectivity index (χ3n) is 4.86. The maximum absolute atomic E-state index is 12.9. The summed E-state index contributed by atoms with van der Waals surface area (Å²) in [6.45, 7) is 2.50. The molecule has 31 heavy (non-hydrogen) atoms. The first kappa shape index (κ1) is 21.3. The van der Waals surface area contributed by atoms with Crippen molar-refractivity contribution in [2.24, 2.45) is 0 Å². The van der Waals surface area contributed by atoms with Crippen LogP contribution in [0.1, 0.15) is 5.56 Å². The van der Waals surface area contributed by atoms with Gasteiger partial charge in [0.15, 0.2) is 5.65 Å². The fraction of sp³-hybridized carbons (Fsp3) is 0.182. The third kappa shape index (κ3) is 4.41. The first-order chi connectivity index (χ1) is 14.9. The lowest BCUT2D eigenvalue weighted by Crippen LogP contribution is -2.28. The molecule has 4 aromatic rings. The summed E-state index contributed by atoms with van der Waals surface area (Å²) in [5.74, 6) is 0.959. The summed E-state index contributed by atoms with van der Waals surface area (Å²) in [5, 5.41) is 0.313. The molecule has 0 fully saturated rings. The van der Waals surface area contributed by atoms with Gasteiger partial charge in [-0.15, -0.1) is 0 Å². The molecule has 0 aliphatic rings. The topological polar surface area (TPSA) is 86.1 Å². The van der Waals surface area contributed by atoms with Crippen molar-refractivity contribution < 1.29 is 13.2 Å². The Morgan fingerprint density at radius 3 is 2.65 bits per heavy atom. The number of aryl methyl sites for hydroxylation is 1. The van der Waals surface area contributed by atoms with Crippen LogP contribution in [0.5, 0.6) is 5.75 Å². The molecule has 1 N–H and O–H groups in total. The van der Waals surface area contributed by atoms with Crippen LogP contribution in [-0.4, -0.2) is 36.6 Å². The van der Waals surface area contributed by atoms with E-state index in [0.717, 1.165) is 22.5 Å². The van der Waals surface area contributed by atoms with Gasteiger partial charge in [0.05, 0.1) is 7.11 Å². The number of rotatable bonds is 7. The molecule has 0 amide bonds. The van der Waals surface area contributed by atoms with Crippen LogP contribution in [-0.2, 0) is 16.6 Å². The predicted octanol–water partition coefficient (Wildman–Crippen LogP) is 4.05. The van der Waals surface area contributed by atoms with Gasteiger partial charge in [0.25, 0.3) is 0 Å². The Balaban J connectivity index is 1.63. The highest BCUT2D eigenvalue weighted by atomic mass is 35.5. The smallest absolute Gasteiger partial charge is 0.244 e. The number of hydrogen-bond donors (Lipinski definition) is 1. The second-order valence-electron chi connectivity index (χ2n) is 6.99. The van der Waals surface area contributed by atoms with Gasteiger partial charge in [0.2, 0.25) is 10.0 Å². The summed E-state index contributed by atoms with van der Waals surface area (Å²) < 4.78 is 35.4. The number of imidazole rings is 1. The predicted molar refractivity (Wildman–Crippen MR) is 121 cm³/mol. The van der Waals surface area contributed by atoms with E-state index in [1.807, 2.05) is 47.9 Å². The highest BCUT2D eigenvalue weighted by Gasteiger charge is 2.20. The lowest BCUT2D eigenvalue weighted by molar-refractivity contribution is 0.402. The van der Waals surface area contributed by atoms with Crippen molar-refractivity contribution >= 4 is 32.8 Å². The molecular weight excluding hydrogens is 436 g/mol. The van der Waals surface area contributed by atoms with Gasteiger partial charge in [0.1, 0.15) is 22.0 Å². The summed E-state index contributed by atoms with van der Waals surface area (Å²) in [6.07, 6.45) is 1.69. The standard InChI is InChI=1S/C22H21ClN4O3S/c1-15-5-7-16(8-6-15)21-26-18-4-3-11-24-22(18)27(21)13-12-25-31(28,29)20-14-17(23)9-10-19(20)30-2/h3-11,14,25H,12-13H2,1-2H3. The van der Waals surface area contributed by atoms with Crippen molar-refractivity contribution in [1.82, 2.24) is 19.3 Å². The molecule has 0 aliphatic carbocycles. The molecule has 0 saturated heterocycles. The molecule has 4 rings (SSSR count). The molecule has 2 aromatic heterocycles. The molecule has 7 nitrogen and oxygen atoms in total. The van der Waals surface area contributed by atoms with Crippen LogP contribution in [0.25, 0.3) is 22.6 Å². The Morgan fingerprint density at radius 1 is 1.13 bits per heavy atom. The molecule has 2 heterocycles. The lowest BCUT2D eigenvalue weighted by atomic mass is 10.1. The number of methoxy groups -OCH3 is 1. The molecule has 0 radical (unpaired) electrons.